The molecule has 0 aliphatic heterocycles. The summed E-state index contributed by atoms with van der Waals surface area (Å²) in [7, 11) is 0. The lowest BCUT2D eigenvalue weighted by molar-refractivity contribution is 0.0298. The Bertz CT molecular complexity index is 323. The summed E-state index contributed by atoms with van der Waals surface area (Å²) in [6.07, 6.45) is 6.46. The van der Waals surface area contributed by atoms with Crippen LogP contribution in [0.15, 0.2) is 17.5 Å². The molecule has 1 atom stereocenters. The van der Waals surface area contributed by atoms with Gasteiger partial charge in [0.2, 0.25) is 0 Å². The van der Waals surface area contributed by atoms with Gasteiger partial charge in [0.05, 0.1) is 19.3 Å². The zero-order valence-corrected chi connectivity index (χ0v) is 12.3. The van der Waals surface area contributed by atoms with E-state index in [9.17, 15) is 5.11 Å². The summed E-state index contributed by atoms with van der Waals surface area (Å²) in [6, 6.07) is 4.07. The van der Waals surface area contributed by atoms with E-state index in [0.29, 0.717) is 19.8 Å². The topological polar surface area (TPSA) is 41.5 Å². The molecule has 1 saturated carbocycles. The van der Waals surface area contributed by atoms with Crippen molar-refractivity contribution in [2.75, 3.05) is 19.7 Å². The van der Waals surface area contributed by atoms with Crippen LogP contribution in [0.3, 0.4) is 0 Å². The third-order valence-corrected chi connectivity index (χ3v) is 4.57. The third kappa shape index (κ3) is 6.04. The van der Waals surface area contributed by atoms with Crippen molar-refractivity contribution < 1.29 is 9.84 Å². The van der Waals surface area contributed by atoms with Crippen molar-refractivity contribution in [1.82, 2.24) is 5.32 Å². The molecule has 0 saturated heterocycles. The molecule has 0 amide bonds. The average molecular weight is 283 g/mol. The number of aliphatic hydroxyl groups is 1. The van der Waals surface area contributed by atoms with Crippen LogP contribution in [-0.2, 0) is 11.3 Å². The Labute approximate surface area is 120 Å². The average Bonchev–Trinajstić information content (AvgIpc) is 3.07. The van der Waals surface area contributed by atoms with Gasteiger partial charge in [-0.1, -0.05) is 31.7 Å². The molecule has 1 aromatic heterocycles. The number of nitrogens with one attached hydrogen (secondary N) is 1. The van der Waals surface area contributed by atoms with E-state index in [1.807, 2.05) is 11.4 Å². The van der Waals surface area contributed by atoms with E-state index in [4.69, 9.17) is 4.74 Å². The van der Waals surface area contributed by atoms with Gasteiger partial charge in [-0.3, -0.25) is 0 Å². The minimum Gasteiger partial charge on any atom is -0.389 e. The Morgan fingerprint density at radius 2 is 2.26 bits per heavy atom. The van der Waals surface area contributed by atoms with Gasteiger partial charge in [-0.05, 0) is 30.3 Å². The molecule has 1 aliphatic rings. The lowest BCUT2D eigenvalue weighted by Gasteiger charge is -2.13. The molecule has 1 unspecified atom stereocenters. The minimum atomic E-state index is -0.399. The number of hydrogen-bond donors (Lipinski definition) is 2. The maximum absolute atomic E-state index is 9.79. The van der Waals surface area contributed by atoms with Gasteiger partial charge >= 0.3 is 0 Å². The van der Waals surface area contributed by atoms with Crippen LogP contribution in [0.2, 0.25) is 0 Å². The highest BCUT2D eigenvalue weighted by Gasteiger charge is 2.14. The third-order valence-electron chi connectivity index (χ3n) is 3.72. The first kappa shape index (κ1) is 15.0. The molecule has 19 heavy (non-hydrogen) atoms. The van der Waals surface area contributed by atoms with Gasteiger partial charge in [-0.2, -0.15) is 0 Å². The summed E-state index contributed by atoms with van der Waals surface area (Å²) in [6.45, 7) is 2.68. The van der Waals surface area contributed by atoms with Gasteiger partial charge in [-0.15, -0.1) is 11.3 Å². The van der Waals surface area contributed by atoms with Crippen LogP contribution in [-0.4, -0.2) is 30.9 Å². The molecule has 108 valence electrons. The Morgan fingerprint density at radius 3 is 3.00 bits per heavy atom. The fraction of sp³-hybridized carbons (Fsp3) is 0.733. The molecule has 1 aromatic rings. The number of aliphatic hydroxyl groups excluding tert-OH is 1. The fourth-order valence-corrected chi connectivity index (χ4v) is 3.26. The standard InChI is InChI=1S/C15H25NO2S/c17-14(11-18-12-15-6-3-9-19-15)10-16-8-7-13-4-1-2-5-13/h3,6,9,13-14,16-17H,1-2,4-5,7-8,10-12H2. The second-order valence-corrected chi connectivity index (χ2v) is 6.42. The first-order valence-corrected chi connectivity index (χ1v) is 8.21. The number of rotatable bonds is 9. The molecule has 1 fully saturated rings. The summed E-state index contributed by atoms with van der Waals surface area (Å²) in [4.78, 5) is 1.21. The first-order chi connectivity index (χ1) is 9.34. The Hall–Kier alpha value is -0.420. The van der Waals surface area contributed by atoms with Crippen molar-refractivity contribution in [2.45, 2.75) is 44.8 Å². The number of thiophene rings is 1. The monoisotopic (exact) mass is 283 g/mol. The Morgan fingerprint density at radius 1 is 1.42 bits per heavy atom. The van der Waals surface area contributed by atoms with Crippen LogP contribution in [0.25, 0.3) is 0 Å². The van der Waals surface area contributed by atoms with Crippen LogP contribution < -0.4 is 5.32 Å². The molecule has 4 heteroatoms. The van der Waals surface area contributed by atoms with Gasteiger partial charge in [0, 0.05) is 11.4 Å². The lowest BCUT2D eigenvalue weighted by Crippen LogP contribution is -2.31. The second kappa shape index (κ2) is 8.69. The van der Waals surface area contributed by atoms with Crippen LogP contribution >= 0.6 is 11.3 Å². The zero-order valence-electron chi connectivity index (χ0n) is 11.5. The Kier molecular flexibility index (Phi) is 6.85. The van der Waals surface area contributed by atoms with Gasteiger partial charge in [0.25, 0.3) is 0 Å². The van der Waals surface area contributed by atoms with E-state index in [1.54, 1.807) is 11.3 Å². The molecule has 0 bridgehead atoms. The molecule has 3 nitrogen and oxygen atoms in total. The van der Waals surface area contributed by atoms with Crippen molar-refractivity contribution in [3.63, 3.8) is 0 Å². The van der Waals surface area contributed by atoms with Gasteiger partial charge in [0.15, 0.2) is 0 Å². The van der Waals surface area contributed by atoms with Crippen LogP contribution in [0.4, 0.5) is 0 Å². The number of ether oxygens (including phenoxy) is 1. The summed E-state index contributed by atoms with van der Waals surface area (Å²) < 4.78 is 5.49. The van der Waals surface area contributed by atoms with Crippen molar-refractivity contribution in [3.05, 3.63) is 22.4 Å². The SMILES string of the molecule is OC(CNCCC1CCCC1)COCc1cccs1. The molecule has 0 radical (unpaired) electrons. The highest BCUT2D eigenvalue weighted by molar-refractivity contribution is 7.09. The van der Waals surface area contributed by atoms with Gasteiger partial charge in [0.1, 0.15) is 0 Å². The molecule has 2 rings (SSSR count). The fourth-order valence-electron chi connectivity index (χ4n) is 2.62. The zero-order chi connectivity index (χ0) is 13.3. The Balaban J connectivity index is 1.44. The molecular weight excluding hydrogens is 258 g/mol. The van der Waals surface area contributed by atoms with E-state index < -0.39 is 6.10 Å². The molecule has 0 spiro atoms. The van der Waals surface area contributed by atoms with E-state index >= 15 is 0 Å². The number of hydrogen-bond acceptors (Lipinski definition) is 4. The highest BCUT2D eigenvalue weighted by atomic mass is 32.1. The molecule has 2 N–H and O–H groups in total. The van der Waals surface area contributed by atoms with E-state index in [-0.39, 0.29) is 0 Å². The van der Waals surface area contributed by atoms with Crippen LogP contribution in [0, 0.1) is 5.92 Å². The van der Waals surface area contributed by atoms with E-state index in [1.165, 1.54) is 37.0 Å². The maximum atomic E-state index is 9.79. The van der Waals surface area contributed by atoms with E-state index in [2.05, 4.69) is 11.4 Å². The van der Waals surface area contributed by atoms with Crippen LogP contribution in [0.1, 0.15) is 37.0 Å². The van der Waals surface area contributed by atoms with Gasteiger partial charge in [-0.25, -0.2) is 0 Å². The predicted octanol–water partition coefficient (Wildman–Crippen LogP) is 2.80. The van der Waals surface area contributed by atoms with Gasteiger partial charge < -0.3 is 15.2 Å². The minimum absolute atomic E-state index is 0.399. The second-order valence-electron chi connectivity index (χ2n) is 5.39. The molecule has 1 heterocycles. The quantitative estimate of drug-likeness (QED) is 0.685. The van der Waals surface area contributed by atoms with Crippen molar-refractivity contribution >= 4 is 11.3 Å². The summed E-state index contributed by atoms with van der Waals surface area (Å²) in [5.41, 5.74) is 0. The summed E-state index contributed by atoms with van der Waals surface area (Å²) in [5.74, 6) is 0.916. The highest BCUT2D eigenvalue weighted by Crippen LogP contribution is 2.26. The van der Waals surface area contributed by atoms with Crippen LogP contribution in [0.5, 0.6) is 0 Å². The summed E-state index contributed by atoms with van der Waals surface area (Å²) >= 11 is 1.69. The molecule has 1 aliphatic carbocycles. The largest absolute Gasteiger partial charge is 0.389 e. The molecular formula is C15H25NO2S. The van der Waals surface area contributed by atoms with Crippen molar-refractivity contribution in [1.29, 1.82) is 0 Å². The first-order valence-electron chi connectivity index (χ1n) is 7.33. The van der Waals surface area contributed by atoms with E-state index in [0.717, 1.165) is 12.5 Å². The normalized spacial score (nSPS) is 17.9. The molecule has 0 aromatic carbocycles. The maximum Gasteiger partial charge on any atom is 0.0897 e. The summed E-state index contributed by atoms with van der Waals surface area (Å²) in [5, 5.41) is 15.2. The van der Waals surface area contributed by atoms with Crippen molar-refractivity contribution in [3.8, 4) is 0 Å². The lowest BCUT2D eigenvalue weighted by atomic mass is 10.0. The predicted molar refractivity (Wildman–Crippen MR) is 79.4 cm³/mol. The van der Waals surface area contributed by atoms with Crippen molar-refractivity contribution in [2.24, 2.45) is 5.92 Å². The smallest absolute Gasteiger partial charge is 0.0897 e.